The quantitative estimate of drug-likeness (QED) is 0.753. The monoisotopic (exact) mass is 316 g/mol. The van der Waals surface area contributed by atoms with Gasteiger partial charge >= 0.3 is 12.0 Å². The first-order valence-corrected chi connectivity index (χ1v) is 6.90. The number of rotatable bonds is 6. The fourth-order valence-electron chi connectivity index (χ4n) is 1.81. The molecule has 1 aromatic rings. The Morgan fingerprint density at radius 2 is 2.05 bits per heavy atom. The number of carboxylic acids is 1. The van der Waals surface area contributed by atoms with Crippen molar-refractivity contribution in [2.45, 2.75) is 20.3 Å². The van der Waals surface area contributed by atoms with E-state index in [9.17, 15) is 14.0 Å². The van der Waals surface area contributed by atoms with Crippen molar-refractivity contribution in [3.63, 3.8) is 0 Å². The fraction of sp³-hybridized carbons (Fsp3) is 0.429. The van der Waals surface area contributed by atoms with Gasteiger partial charge in [-0.05, 0) is 30.5 Å². The van der Waals surface area contributed by atoms with Crippen LogP contribution in [0.15, 0.2) is 18.2 Å². The maximum atomic E-state index is 13.2. The first kappa shape index (κ1) is 17.2. The van der Waals surface area contributed by atoms with E-state index in [4.69, 9.17) is 16.7 Å². The van der Waals surface area contributed by atoms with E-state index in [-0.39, 0.29) is 23.2 Å². The Morgan fingerprint density at radius 3 is 2.57 bits per heavy atom. The van der Waals surface area contributed by atoms with Crippen LogP contribution in [-0.4, -0.2) is 23.7 Å². The second-order valence-electron chi connectivity index (χ2n) is 5.13. The van der Waals surface area contributed by atoms with Crippen molar-refractivity contribution in [1.29, 1.82) is 0 Å². The highest BCUT2D eigenvalue weighted by atomic mass is 35.5. The second kappa shape index (κ2) is 7.83. The van der Waals surface area contributed by atoms with Crippen molar-refractivity contribution < 1.29 is 19.1 Å². The van der Waals surface area contributed by atoms with Gasteiger partial charge < -0.3 is 15.7 Å². The van der Waals surface area contributed by atoms with E-state index in [1.807, 2.05) is 13.8 Å². The SMILES string of the molecule is CC(C)CC(CNC(=O)Nc1ccc(Cl)c(F)c1)C(=O)O. The van der Waals surface area contributed by atoms with E-state index in [1.54, 1.807) is 0 Å². The maximum absolute atomic E-state index is 13.2. The van der Waals surface area contributed by atoms with E-state index < -0.39 is 23.7 Å². The van der Waals surface area contributed by atoms with Crippen LogP contribution >= 0.6 is 11.6 Å². The highest BCUT2D eigenvalue weighted by molar-refractivity contribution is 6.30. The number of amides is 2. The number of hydrogen-bond acceptors (Lipinski definition) is 2. The van der Waals surface area contributed by atoms with Crippen molar-refractivity contribution in [2.24, 2.45) is 11.8 Å². The topological polar surface area (TPSA) is 78.4 Å². The molecule has 0 aromatic heterocycles. The molecule has 0 aliphatic rings. The lowest BCUT2D eigenvalue weighted by molar-refractivity contribution is -0.142. The van der Waals surface area contributed by atoms with Crippen LogP contribution in [0, 0.1) is 17.7 Å². The average molecular weight is 317 g/mol. The molecule has 1 unspecified atom stereocenters. The Balaban J connectivity index is 2.52. The minimum Gasteiger partial charge on any atom is -0.481 e. The number of hydrogen-bond donors (Lipinski definition) is 3. The Hall–Kier alpha value is -1.82. The van der Waals surface area contributed by atoms with E-state index >= 15 is 0 Å². The lowest BCUT2D eigenvalue weighted by Gasteiger charge is -2.15. The average Bonchev–Trinajstić information content (AvgIpc) is 2.38. The molecule has 0 saturated heterocycles. The highest BCUT2D eigenvalue weighted by Crippen LogP contribution is 2.18. The first-order valence-electron chi connectivity index (χ1n) is 6.52. The Morgan fingerprint density at radius 1 is 1.38 bits per heavy atom. The third-order valence-corrected chi connectivity index (χ3v) is 3.10. The van der Waals surface area contributed by atoms with Crippen LogP contribution in [0.25, 0.3) is 0 Å². The normalized spacial score (nSPS) is 12.0. The maximum Gasteiger partial charge on any atom is 0.319 e. The molecule has 5 nitrogen and oxygen atoms in total. The predicted octanol–water partition coefficient (Wildman–Crippen LogP) is 3.35. The van der Waals surface area contributed by atoms with Gasteiger partial charge in [0.25, 0.3) is 0 Å². The number of carbonyl (C=O) groups excluding carboxylic acids is 1. The van der Waals surface area contributed by atoms with Gasteiger partial charge in [-0.25, -0.2) is 9.18 Å². The molecular formula is C14H18ClFN2O3. The molecule has 21 heavy (non-hydrogen) atoms. The van der Waals surface area contributed by atoms with Crippen molar-refractivity contribution >= 4 is 29.3 Å². The fourth-order valence-corrected chi connectivity index (χ4v) is 1.92. The summed E-state index contributed by atoms with van der Waals surface area (Å²) in [6, 6.07) is 3.27. The van der Waals surface area contributed by atoms with Crippen LogP contribution in [0.4, 0.5) is 14.9 Å². The second-order valence-corrected chi connectivity index (χ2v) is 5.54. The number of aliphatic carboxylic acids is 1. The molecule has 7 heteroatoms. The molecule has 0 bridgehead atoms. The van der Waals surface area contributed by atoms with E-state index in [2.05, 4.69) is 10.6 Å². The highest BCUT2D eigenvalue weighted by Gasteiger charge is 2.19. The molecule has 0 radical (unpaired) electrons. The minimum absolute atomic E-state index is 0.00934. The summed E-state index contributed by atoms with van der Waals surface area (Å²) in [6.45, 7) is 3.83. The van der Waals surface area contributed by atoms with E-state index in [1.165, 1.54) is 12.1 Å². The number of nitrogens with one attached hydrogen (secondary N) is 2. The zero-order valence-corrected chi connectivity index (χ0v) is 12.6. The van der Waals surface area contributed by atoms with E-state index in [0.29, 0.717) is 6.42 Å². The predicted molar refractivity (Wildman–Crippen MR) is 79.0 cm³/mol. The summed E-state index contributed by atoms with van der Waals surface area (Å²) in [5.74, 6) is -2.04. The van der Waals surface area contributed by atoms with Gasteiger partial charge in [0.15, 0.2) is 0 Å². The summed E-state index contributed by atoms with van der Waals surface area (Å²) < 4.78 is 13.2. The van der Waals surface area contributed by atoms with Crippen LogP contribution in [0.3, 0.4) is 0 Å². The number of anilines is 1. The van der Waals surface area contributed by atoms with Crippen molar-refractivity contribution in [1.82, 2.24) is 5.32 Å². The minimum atomic E-state index is -0.957. The van der Waals surface area contributed by atoms with Gasteiger partial charge in [0.1, 0.15) is 5.82 Å². The van der Waals surface area contributed by atoms with Crippen LogP contribution in [0.2, 0.25) is 5.02 Å². The summed E-state index contributed by atoms with van der Waals surface area (Å²) >= 11 is 5.53. The number of urea groups is 1. The number of carboxylic acid groups (broad SMARTS) is 1. The van der Waals surface area contributed by atoms with Crippen LogP contribution < -0.4 is 10.6 Å². The first-order chi connectivity index (χ1) is 9.79. The van der Waals surface area contributed by atoms with E-state index in [0.717, 1.165) is 6.07 Å². The summed E-state index contributed by atoms with van der Waals surface area (Å²) in [6.07, 6.45) is 0.463. The smallest absolute Gasteiger partial charge is 0.319 e. The summed E-state index contributed by atoms with van der Waals surface area (Å²) in [5, 5.41) is 13.9. The number of carbonyl (C=O) groups is 2. The molecule has 0 fully saturated rings. The molecule has 0 heterocycles. The van der Waals surface area contributed by atoms with Crippen molar-refractivity contribution in [3.8, 4) is 0 Å². The summed E-state index contributed by atoms with van der Waals surface area (Å²) in [4.78, 5) is 22.7. The largest absolute Gasteiger partial charge is 0.481 e. The zero-order chi connectivity index (χ0) is 16.0. The third-order valence-electron chi connectivity index (χ3n) is 2.79. The molecule has 0 aliphatic carbocycles. The lowest BCUT2D eigenvalue weighted by Crippen LogP contribution is -2.36. The standard InChI is InChI=1S/C14H18ClFN2O3/c1-8(2)5-9(13(19)20)7-17-14(21)18-10-3-4-11(15)12(16)6-10/h3-4,6,8-9H,5,7H2,1-2H3,(H,19,20)(H2,17,18,21). The van der Waals surface area contributed by atoms with Crippen LogP contribution in [-0.2, 0) is 4.79 Å². The molecular weight excluding hydrogens is 299 g/mol. The Bertz CT molecular complexity index is 523. The zero-order valence-electron chi connectivity index (χ0n) is 11.8. The molecule has 0 spiro atoms. The Labute approximate surface area is 127 Å². The molecule has 1 aromatic carbocycles. The number of halogens is 2. The molecule has 1 atom stereocenters. The molecule has 116 valence electrons. The van der Waals surface area contributed by atoms with Gasteiger partial charge in [0, 0.05) is 12.2 Å². The number of benzene rings is 1. The summed E-state index contributed by atoms with van der Waals surface area (Å²) in [7, 11) is 0. The molecule has 1 rings (SSSR count). The molecule has 0 saturated carbocycles. The summed E-state index contributed by atoms with van der Waals surface area (Å²) in [5.41, 5.74) is 0.241. The van der Waals surface area contributed by atoms with Gasteiger partial charge in [-0.2, -0.15) is 0 Å². The van der Waals surface area contributed by atoms with Crippen molar-refractivity contribution in [2.75, 3.05) is 11.9 Å². The molecule has 2 amide bonds. The molecule has 3 N–H and O–H groups in total. The Kier molecular flexibility index (Phi) is 6.42. The van der Waals surface area contributed by atoms with Gasteiger partial charge in [-0.3, -0.25) is 4.79 Å². The van der Waals surface area contributed by atoms with Crippen LogP contribution in [0.1, 0.15) is 20.3 Å². The van der Waals surface area contributed by atoms with Crippen LogP contribution in [0.5, 0.6) is 0 Å². The lowest BCUT2D eigenvalue weighted by atomic mass is 9.97. The molecule has 0 aliphatic heterocycles. The van der Waals surface area contributed by atoms with Gasteiger partial charge in [-0.1, -0.05) is 25.4 Å². The van der Waals surface area contributed by atoms with Gasteiger partial charge in [0.2, 0.25) is 0 Å². The van der Waals surface area contributed by atoms with Gasteiger partial charge in [0.05, 0.1) is 10.9 Å². The third kappa shape index (κ3) is 5.99. The van der Waals surface area contributed by atoms with Gasteiger partial charge in [-0.15, -0.1) is 0 Å². The van der Waals surface area contributed by atoms with Crippen molar-refractivity contribution in [3.05, 3.63) is 29.0 Å².